The van der Waals surface area contributed by atoms with E-state index < -0.39 is 20.7 Å². The summed E-state index contributed by atoms with van der Waals surface area (Å²) in [7, 11) is 1.61. The summed E-state index contributed by atoms with van der Waals surface area (Å²) in [4.78, 5) is 0. The van der Waals surface area contributed by atoms with Crippen molar-refractivity contribution in [2.24, 2.45) is 5.92 Å². The zero-order valence-electron chi connectivity index (χ0n) is 10.7. The average molecular weight is 392 g/mol. The topological polar surface area (TPSA) is 43.4 Å². The predicted molar refractivity (Wildman–Crippen MR) is 77.6 cm³/mol. The fraction of sp³-hybridized carbons (Fsp3) is 0.500. The molecule has 0 N–H and O–H groups in total. The van der Waals surface area contributed by atoms with Crippen LogP contribution in [0.4, 0.5) is 8.78 Å². The summed E-state index contributed by atoms with van der Waals surface area (Å²) in [5, 5.41) is 0. The molecule has 0 bridgehead atoms. The van der Waals surface area contributed by atoms with Gasteiger partial charge in [0, 0.05) is 15.2 Å². The van der Waals surface area contributed by atoms with Crippen LogP contribution in [-0.4, -0.2) is 20.8 Å². The van der Waals surface area contributed by atoms with Gasteiger partial charge in [-0.2, -0.15) is 4.39 Å². The molecule has 0 aliphatic rings. The second-order valence-corrected chi connectivity index (χ2v) is 8.29. The minimum absolute atomic E-state index is 0.0450. The molecule has 1 aromatic carbocycles. The number of hydrogen-bond acceptors (Lipinski definition) is 3. The second-order valence-electron chi connectivity index (χ2n) is 4.47. The Balaban J connectivity index is 2.45. The molecule has 0 aliphatic heterocycles. The quantitative estimate of drug-likeness (QED) is 0.519. The molecule has 0 aromatic heterocycles. The Bertz CT molecular complexity index is 566. The summed E-state index contributed by atoms with van der Waals surface area (Å²) >= 11 is 3.05. The van der Waals surface area contributed by atoms with Crippen LogP contribution in [0.5, 0.6) is 5.75 Å². The fourth-order valence-corrected chi connectivity index (χ4v) is 2.85. The number of ether oxygens (including phenoxy) is 1. The van der Waals surface area contributed by atoms with Crippen molar-refractivity contribution in [3.8, 4) is 5.75 Å². The summed E-state index contributed by atoms with van der Waals surface area (Å²) in [6, 6.07) is 2.35. The van der Waals surface area contributed by atoms with Crippen LogP contribution < -0.4 is 4.74 Å². The van der Waals surface area contributed by atoms with E-state index in [0.717, 1.165) is 6.07 Å². The van der Waals surface area contributed by atoms with Crippen LogP contribution in [0.2, 0.25) is 0 Å². The van der Waals surface area contributed by atoms with Crippen LogP contribution in [0.15, 0.2) is 16.6 Å². The normalized spacial score (nSPS) is 13.2. The van der Waals surface area contributed by atoms with Crippen LogP contribution in [0, 0.1) is 17.6 Å². The van der Waals surface area contributed by atoms with Crippen molar-refractivity contribution < 1.29 is 21.9 Å². The van der Waals surface area contributed by atoms with E-state index in [-0.39, 0.29) is 24.0 Å². The van der Waals surface area contributed by atoms with Gasteiger partial charge in [-0.3, -0.25) is 0 Å². The summed E-state index contributed by atoms with van der Waals surface area (Å²) in [5.41, 5.74) is 0. The van der Waals surface area contributed by atoms with E-state index >= 15 is 0 Å². The highest BCUT2D eigenvalue weighted by Gasteiger charge is 2.13. The third-order valence-corrected chi connectivity index (χ3v) is 4.33. The first-order valence-corrected chi connectivity index (χ1v) is 9.16. The maximum Gasteiger partial charge on any atom is 0.232 e. The van der Waals surface area contributed by atoms with Crippen molar-refractivity contribution in [1.29, 1.82) is 0 Å². The van der Waals surface area contributed by atoms with Gasteiger partial charge in [-0.25, -0.2) is 12.8 Å². The van der Waals surface area contributed by atoms with Gasteiger partial charge in [0.25, 0.3) is 0 Å². The van der Waals surface area contributed by atoms with Gasteiger partial charge >= 0.3 is 0 Å². The maximum absolute atomic E-state index is 13.4. The Kier molecular flexibility index (Phi) is 6.68. The molecule has 0 heterocycles. The van der Waals surface area contributed by atoms with Gasteiger partial charge < -0.3 is 4.74 Å². The van der Waals surface area contributed by atoms with Gasteiger partial charge in [0.2, 0.25) is 14.9 Å². The van der Waals surface area contributed by atoms with Gasteiger partial charge in [-0.05, 0) is 30.9 Å². The molecule has 0 spiro atoms. The molecule has 0 aliphatic carbocycles. The van der Waals surface area contributed by atoms with Gasteiger partial charge in [-0.1, -0.05) is 22.9 Å². The second kappa shape index (κ2) is 7.56. The Morgan fingerprint density at radius 2 is 2.00 bits per heavy atom. The lowest BCUT2D eigenvalue weighted by Gasteiger charge is -2.12. The van der Waals surface area contributed by atoms with E-state index in [2.05, 4.69) is 15.9 Å². The Labute approximate surface area is 129 Å². The molecule has 8 heteroatoms. The largest absolute Gasteiger partial charge is 0.490 e. The molecule has 0 amide bonds. The first-order valence-electron chi connectivity index (χ1n) is 5.88. The highest BCUT2D eigenvalue weighted by Crippen LogP contribution is 2.25. The average Bonchev–Trinajstić information content (AvgIpc) is 2.31. The first-order chi connectivity index (χ1) is 9.19. The molecule has 0 fully saturated rings. The van der Waals surface area contributed by atoms with E-state index in [1.807, 2.05) is 6.92 Å². The Morgan fingerprint density at radius 1 is 1.35 bits per heavy atom. The zero-order chi connectivity index (χ0) is 15.3. The zero-order valence-corrected chi connectivity index (χ0v) is 13.9. The summed E-state index contributed by atoms with van der Waals surface area (Å²) in [5.74, 6) is -2.27. The molecule has 1 aromatic rings. The third-order valence-electron chi connectivity index (χ3n) is 2.68. The van der Waals surface area contributed by atoms with Crippen molar-refractivity contribution in [2.75, 3.05) is 12.4 Å². The lowest BCUT2D eigenvalue weighted by molar-refractivity contribution is 0.266. The molecule has 1 unspecified atom stereocenters. The lowest BCUT2D eigenvalue weighted by atomic mass is 10.1. The number of hydrogen-bond donors (Lipinski definition) is 0. The predicted octanol–water partition coefficient (Wildman–Crippen LogP) is 4.09. The number of rotatable bonds is 7. The minimum atomic E-state index is -3.50. The Morgan fingerprint density at radius 3 is 2.60 bits per heavy atom. The SMILES string of the molecule is CC(CCOc1cc(Br)cc(F)c1F)CCS(=O)(=O)Cl. The maximum atomic E-state index is 13.4. The van der Waals surface area contributed by atoms with E-state index in [0.29, 0.717) is 17.3 Å². The van der Waals surface area contributed by atoms with Gasteiger partial charge in [-0.15, -0.1) is 0 Å². The monoisotopic (exact) mass is 390 g/mol. The standard InChI is InChI=1S/C12H14BrClF2O3S/c1-8(3-5-20(14,17)18)2-4-19-11-7-9(13)6-10(15)12(11)16/h6-8H,2-5H2,1H3. The van der Waals surface area contributed by atoms with Crippen LogP contribution in [0.1, 0.15) is 19.8 Å². The molecule has 114 valence electrons. The molecule has 3 nitrogen and oxygen atoms in total. The molecule has 20 heavy (non-hydrogen) atoms. The van der Waals surface area contributed by atoms with E-state index in [4.69, 9.17) is 15.4 Å². The molecule has 1 atom stereocenters. The summed E-state index contributed by atoms with van der Waals surface area (Å²) < 4.78 is 53.6. The lowest BCUT2D eigenvalue weighted by Crippen LogP contribution is -2.09. The highest BCUT2D eigenvalue weighted by molar-refractivity contribution is 9.10. The van der Waals surface area contributed by atoms with Crippen LogP contribution in [0.25, 0.3) is 0 Å². The number of halogens is 4. The molecule has 0 saturated carbocycles. The van der Waals surface area contributed by atoms with Crippen molar-refractivity contribution in [3.05, 3.63) is 28.2 Å². The summed E-state index contributed by atoms with van der Waals surface area (Å²) in [6.45, 7) is 2.00. The smallest absolute Gasteiger partial charge is 0.232 e. The van der Waals surface area contributed by atoms with Crippen LogP contribution in [0.3, 0.4) is 0 Å². The van der Waals surface area contributed by atoms with Crippen LogP contribution in [-0.2, 0) is 9.05 Å². The van der Waals surface area contributed by atoms with Gasteiger partial charge in [0.15, 0.2) is 11.6 Å². The van der Waals surface area contributed by atoms with Crippen molar-refractivity contribution in [3.63, 3.8) is 0 Å². The third kappa shape index (κ3) is 6.37. The Hall–Kier alpha value is -0.400. The van der Waals surface area contributed by atoms with E-state index in [1.165, 1.54) is 6.07 Å². The van der Waals surface area contributed by atoms with Crippen molar-refractivity contribution >= 4 is 35.7 Å². The van der Waals surface area contributed by atoms with Crippen molar-refractivity contribution in [2.45, 2.75) is 19.8 Å². The summed E-state index contributed by atoms with van der Waals surface area (Å²) in [6.07, 6.45) is 0.907. The molecule has 0 saturated heterocycles. The number of benzene rings is 1. The fourth-order valence-electron chi connectivity index (χ4n) is 1.49. The van der Waals surface area contributed by atoms with Gasteiger partial charge in [0.1, 0.15) is 0 Å². The molecular formula is C12H14BrClF2O3S. The van der Waals surface area contributed by atoms with Crippen molar-refractivity contribution in [1.82, 2.24) is 0 Å². The molecule has 0 radical (unpaired) electrons. The van der Waals surface area contributed by atoms with E-state index in [1.54, 1.807) is 0 Å². The molecular weight excluding hydrogens is 378 g/mol. The van der Waals surface area contributed by atoms with Crippen LogP contribution >= 0.6 is 26.6 Å². The van der Waals surface area contributed by atoms with Gasteiger partial charge in [0.05, 0.1) is 12.4 Å². The van der Waals surface area contributed by atoms with E-state index in [9.17, 15) is 17.2 Å². The highest BCUT2D eigenvalue weighted by atomic mass is 79.9. The minimum Gasteiger partial charge on any atom is -0.490 e. The first kappa shape index (κ1) is 17.7. The molecule has 1 rings (SSSR count).